The summed E-state index contributed by atoms with van der Waals surface area (Å²) in [7, 11) is 0. The summed E-state index contributed by atoms with van der Waals surface area (Å²) in [6.07, 6.45) is -19.0. The van der Waals surface area contributed by atoms with Gasteiger partial charge in [-0.3, -0.25) is 15.6 Å². The number of anilines is 1. The molecule has 1 aromatic carbocycles. The second-order valence-corrected chi connectivity index (χ2v) is 5.75. The minimum Gasteiger partial charge on any atom is -0.540 e. The van der Waals surface area contributed by atoms with E-state index in [1.807, 2.05) is 0 Å². The van der Waals surface area contributed by atoms with Crippen LogP contribution in [0.5, 0.6) is 5.75 Å². The summed E-state index contributed by atoms with van der Waals surface area (Å²) in [6.45, 7) is 0. The standard InChI is InChI=1S/C12H5BrF10N2O4.Na/c13-4-1-3(9(14,10(15,16)17)11(18,19)20)2-5(29-12(21,22)23)6(4)24-25-7(26)8(27)28;/h1-2,24H,(H,25,26)(H,27,28);/q;+1/p-1. The molecule has 0 heterocycles. The summed E-state index contributed by atoms with van der Waals surface area (Å²) in [5.41, 5.74) is -6.95. The minimum atomic E-state index is -6.64. The molecular weight excluding hydrogens is 529 g/mol. The van der Waals surface area contributed by atoms with Crippen molar-refractivity contribution in [2.45, 2.75) is 24.4 Å². The molecule has 0 aliphatic rings. The molecule has 30 heavy (non-hydrogen) atoms. The van der Waals surface area contributed by atoms with Gasteiger partial charge in [-0.1, -0.05) is 0 Å². The smallest absolute Gasteiger partial charge is 0.540 e. The van der Waals surface area contributed by atoms with Gasteiger partial charge in [0.2, 0.25) is 0 Å². The van der Waals surface area contributed by atoms with Crippen molar-refractivity contribution in [3.05, 3.63) is 22.2 Å². The SMILES string of the molecule is O=C([O-])C(=O)NNc1c(Br)cc(C(F)(C(F)(F)F)C(F)(F)F)cc1OC(F)(F)F.[Na+]. The molecule has 2 N–H and O–H groups in total. The number of rotatable bonds is 4. The first-order valence-electron chi connectivity index (χ1n) is 6.50. The number of ether oxygens (including phenoxy) is 1. The van der Waals surface area contributed by atoms with Crippen molar-refractivity contribution in [3.8, 4) is 5.75 Å². The van der Waals surface area contributed by atoms with Crippen LogP contribution in [0.25, 0.3) is 0 Å². The Labute approximate surface area is 189 Å². The number of carboxylic acids is 1. The molecule has 0 unspecified atom stereocenters. The molecule has 1 rings (SSSR count). The van der Waals surface area contributed by atoms with Gasteiger partial charge in [-0.05, 0) is 28.1 Å². The van der Waals surface area contributed by atoms with Crippen LogP contribution in [0.15, 0.2) is 16.6 Å². The van der Waals surface area contributed by atoms with E-state index in [9.17, 15) is 58.6 Å². The number of hydrogen-bond acceptors (Lipinski definition) is 5. The normalized spacial score (nSPS) is 12.6. The van der Waals surface area contributed by atoms with Crippen LogP contribution < -0.4 is 50.3 Å². The van der Waals surface area contributed by atoms with Crippen molar-refractivity contribution in [2.75, 3.05) is 5.43 Å². The summed E-state index contributed by atoms with van der Waals surface area (Å²) in [5, 5.41) is 10.2. The molecule has 0 fully saturated rings. The maximum absolute atomic E-state index is 14.1. The van der Waals surface area contributed by atoms with Crippen LogP contribution in [0.1, 0.15) is 5.56 Å². The third-order valence-corrected chi connectivity index (χ3v) is 3.57. The monoisotopic (exact) mass is 532 g/mol. The van der Waals surface area contributed by atoms with Crippen molar-refractivity contribution in [2.24, 2.45) is 0 Å². The number of amides is 1. The van der Waals surface area contributed by atoms with Crippen LogP contribution >= 0.6 is 15.9 Å². The molecule has 0 aliphatic carbocycles. The summed E-state index contributed by atoms with van der Waals surface area (Å²) >= 11 is 2.29. The van der Waals surface area contributed by atoms with Gasteiger partial charge in [0.15, 0.2) is 5.75 Å². The first-order valence-corrected chi connectivity index (χ1v) is 7.30. The Bertz CT molecular complexity index is 798. The number of aliphatic carboxylic acids is 1. The van der Waals surface area contributed by atoms with Gasteiger partial charge in [-0.25, -0.2) is 4.39 Å². The molecule has 164 valence electrons. The number of halogens is 11. The van der Waals surface area contributed by atoms with Crippen molar-refractivity contribution < 1.29 is 92.9 Å². The zero-order chi connectivity index (χ0) is 23.0. The van der Waals surface area contributed by atoms with E-state index in [-0.39, 0.29) is 35.6 Å². The van der Waals surface area contributed by atoms with Crippen LogP contribution in [0.4, 0.5) is 49.6 Å². The first-order chi connectivity index (χ1) is 12.8. The van der Waals surface area contributed by atoms with Crippen molar-refractivity contribution >= 4 is 33.5 Å². The van der Waals surface area contributed by atoms with Gasteiger partial charge in [0.1, 0.15) is 11.7 Å². The van der Waals surface area contributed by atoms with Crippen LogP contribution in [0.3, 0.4) is 0 Å². The molecule has 0 radical (unpaired) electrons. The molecule has 0 saturated heterocycles. The zero-order valence-corrected chi connectivity index (χ0v) is 17.5. The molecule has 1 aromatic rings. The van der Waals surface area contributed by atoms with Gasteiger partial charge in [0.05, 0.1) is 0 Å². The van der Waals surface area contributed by atoms with Crippen molar-refractivity contribution in [3.63, 3.8) is 0 Å². The fourth-order valence-corrected chi connectivity index (χ4v) is 2.31. The van der Waals surface area contributed by atoms with Crippen LogP contribution in [-0.2, 0) is 15.3 Å². The predicted octanol–water partition coefficient (Wildman–Crippen LogP) is -0.166. The number of alkyl halides is 10. The largest absolute Gasteiger partial charge is 1.00 e. The van der Waals surface area contributed by atoms with Crippen LogP contribution in [0, 0.1) is 0 Å². The molecule has 6 nitrogen and oxygen atoms in total. The quantitative estimate of drug-likeness (QED) is 0.243. The Balaban J connectivity index is 0.00000841. The molecule has 0 saturated carbocycles. The fraction of sp³-hybridized carbons (Fsp3) is 0.333. The fourth-order valence-electron chi connectivity index (χ4n) is 1.77. The Kier molecular flexibility index (Phi) is 8.90. The summed E-state index contributed by atoms with van der Waals surface area (Å²) < 4.78 is 131. The summed E-state index contributed by atoms with van der Waals surface area (Å²) in [4.78, 5) is 21.1. The van der Waals surface area contributed by atoms with E-state index in [1.165, 1.54) is 10.9 Å². The van der Waals surface area contributed by atoms with Gasteiger partial charge >= 0.3 is 53.9 Å². The molecule has 0 aromatic heterocycles. The summed E-state index contributed by atoms with van der Waals surface area (Å²) in [6, 6.07) is -0.773. The Morgan fingerprint density at radius 1 is 0.933 bits per heavy atom. The van der Waals surface area contributed by atoms with Gasteiger partial charge in [0.25, 0.3) is 5.91 Å². The second kappa shape index (κ2) is 9.35. The van der Waals surface area contributed by atoms with Crippen LogP contribution in [0.2, 0.25) is 0 Å². The number of carboxylic acid groups (broad SMARTS) is 1. The van der Waals surface area contributed by atoms with E-state index in [2.05, 4.69) is 20.7 Å². The van der Waals surface area contributed by atoms with Crippen LogP contribution in [-0.4, -0.2) is 30.6 Å². The minimum absolute atomic E-state index is 0. The van der Waals surface area contributed by atoms with Crippen molar-refractivity contribution in [1.29, 1.82) is 0 Å². The third-order valence-electron chi connectivity index (χ3n) is 2.95. The average Bonchev–Trinajstić information content (AvgIpc) is 2.48. The second-order valence-electron chi connectivity index (χ2n) is 4.90. The molecule has 0 bridgehead atoms. The first kappa shape index (κ1) is 28.5. The average molecular weight is 533 g/mol. The number of hydrazine groups is 1. The van der Waals surface area contributed by atoms with Gasteiger partial charge < -0.3 is 14.6 Å². The zero-order valence-electron chi connectivity index (χ0n) is 13.9. The maximum atomic E-state index is 14.1. The van der Waals surface area contributed by atoms with E-state index in [1.54, 1.807) is 0 Å². The van der Waals surface area contributed by atoms with E-state index < -0.39 is 63.8 Å². The number of benzene rings is 1. The number of hydrogen-bond donors (Lipinski definition) is 2. The van der Waals surface area contributed by atoms with Gasteiger partial charge in [-0.2, -0.15) is 26.3 Å². The van der Waals surface area contributed by atoms with E-state index in [0.717, 1.165) is 0 Å². The summed E-state index contributed by atoms with van der Waals surface area (Å²) in [5.74, 6) is -6.25. The number of carbonyl (C=O) groups is 2. The molecule has 0 aliphatic heterocycles. The number of carbonyl (C=O) groups excluding carboxylic acids is 2. The molecular formula is C12H4BrF10N2NaO4. The Morgan fingerprint density at radius 3 is 1.77 bits per heavy atom. The predicted molar refractivity (Wildman–Crippen MR) is 72.5 cm³/mol. The van der Waals surface area contributed by atoms with E-state index in [4.69, 9.17) is 0 Å². The molecule has 1 amide bonds. The van der Waals surface area contributed by atoms with Gasteiger partial charge in [0, 0.05) is 10.0 Å². The molecule has 0 atom stereocenters. The molecule has 0 spiro atoms. The number of nitrogens with one attached hydrogen (secondary N) is 2. The van der Waals surface area contributed by atoms with E-state index >= 15 is 0 Å². The van der Waals surface area contributed by atoms with E-state index in [0.29, 0.717) is 0 Å². The maximum Gasteiger partial charge on any atom is 1.00 e. The third kappa shape index (κ3) is 6.27. The topological polar surface area (TPSA) is 90.5 Å². The Hall–Kier alpha value is -1.46. The Morgan fingerprint density at radius 2 is 1.40 bits per heavy atom. The van der Waals surface area contributed by atoms with Crippen molar-refractivity contribution in [1.82, 2.24) is 5.43 Å². The van der Waals surface area contributed by atoms with Gasteiger partial charge in [-0.15, -0.1) is 13.2 Å². The molecule has 18 heteroatoms.